The first-order chi connectivity index (χ1) is 10.1. The number of primary amides is 1. The van der Waals surface area contributed by atoms with Gasteiger partial charge in [0.25, 0.3) is 0 Å². The smallest absolute Gasteiger partial charge is 0.234 e. The van der Waals surface area contributed by atoms with Crippen LogP contribution in [0, 0.1) is 0 Å². The maximum absolute atomic E-state index is 10.9. The molecule has 0 aliphatic heterocycles. The molecular formula is C18H30N2O. The van der Waals surface area contributed by atoms with Crippen molar-refractivity contribution in [1.29, 1.82) is 0 Å². The van der Waals surface area contributed by atoms with Crippen molar-refractivity contribution in [2.75, 3.05) is 0 Å². The molecule has 1 amide bonds. The van der Waals surface area contributed by atoms with E-state index in [1.54, 1.807) is 0 Å². The molecule has 1 atom stereocenters. The average molecular weight is 290 g/mol. The second-order valence-electron chi connectivity index (χ2n) is 5.88. The lowest BCUT2D eigenvalue weighted by atomic mass is 10.0. The van der Waals surface area contributed by atoms with Crippen molar-refractivity contribution < 1.29 is 4.79 Å². The van der Waals surface area contributed by atoms with E-state index in [2.05, 4.69) is 31.2 Å². The Hall–Kier alpha value is -1.35. The normalized spacial score (nSPS) is 12.3. The maximum atomic E-state index is 10.9. The highest BCUT2D eigenvalue weighted by molar-refractivity contribution is 5.79. The van der Waals surface area contributed by atoms with Crippen LogP contribution >= 0.6 is 0 Å². The number of hydrogen-bond donors (Lipinski definition) is 2. The fraction of sp³-hybridized carbons (Fsp3) is 0.611. The molecule has 3 nitrogen and oxygen atoms in total. The molecule has 118 valence electrons. The van der Waals surface area contributed by atoms with Crippen molar-refractivity contribution in [2.24, 2.45) is 11.5 Å². The molecule has 21 heavy (non-hydrogen) atoms. The van der Waals surface area contributed by atoms with Gasteiger partial charge in [-0.25, -0.2) is 0 Å². The third-order valence-corrected chi connectivity index (χ3v) is 3.95. The summed E-state index contributed by atoms with van der Waals surface area (Å²) in [5.74, 6) is -0.422. The number of carbonyl (C=O) groups is 1. The van der Waals surface area contributed by atoms with E-state index in [0.29, 0.717) is 6.42 Å². The molecule has 4 N–H and O–H groups in total. The molecule has 0 bridgehead atoms. The third kappa shape index (κ3) is 7.86. The second kappa shape index (κ2) is 10.4. The van der Waals surface area contributed by atoms with Gasteiger partial charge in [0.1, 0.15) is 0 Å². The van der Waals surface area contributed by atoms with E-state index in [-0.39, 0.29) is 0 Å². The van der Waals surface area contributed by atoms with Crippen molar-refractivity contribution >= 4 is 5.91 Å². The number of unbranched alkanes of at least 4 members (excludes halogenated alkanes) is 5. The van der Waals surface area contributed by atoms with Crippen LogP contribution in [0.2, 0.25) is 0 Å². The van der Waals surface area contributed by atoms with Crippen LogP contribution in [0.25, 0.3) is 0 Å². The number of benzene rings is 1. The largest absolute Gasteiger partial charge is 0.368 e. The van der Waals surface area contributed by atoms with Crippen molar-refractivity contribution in [3.8, 4) is 0 Å². The molecule has 0 heterocycles. The molecule has 0 aliphatic rings. The van der Waals surface area contributed by atoms with Crippen LogP contribution in [0.15, 0.2) is 24.3 Å². The van der Waals surface area contributed by atoms with Gasteiger partial charge >= 0.3 is 0 Å². The summed E-state index contributed by atoms with van der Waals surface area (Å²) < 4.78 is 0. The predicted molar refractivity (Wildman–Crippen MR) is 89.0 cm³/mol. The minimum Gasteiger partial charge on any atom is -0.368 e. The van der Waals surface area contributed by atoms with Gasteiger partial charge < -0.3 is 11.5 Å². The van der Waals surface area contributed by atoms with Crippen LogP contribution < -0.4 is 11.5 Å². The summed E-state index contributed by atoms with van der Waals surface area (Å²) in [6.45, 7) is 2.25. The summed E-state index contributed by atoms with van der Waals surface area (Å²) in [5.41, 5.74) is 13.4. The minimum absolute atomic E-state index is 0.422. The minimum atomic E-state index is -0.534. The molecule has 0 saturated carbocycles. The Labute approximate surface area is 129 Å². The zero-order valence-corrected chi connectivity index (χ0v) is 13.3. The molecule has 1 aromatic carbocycles. The van der Waals surface area contributed by atoms with Crippen LogP contribution in [0.3, 0.4) is 0 Å². The summed E-state index contributed by atoms with van der Waals surface area (Å²) >= 11 is 0. The van der Waals surface area contributed by atoms with Crippen molar-refractivity contribution in [3.05, 3.63) is 35.4 Å². The number of carbonyl (C=O) groups excluding carboxylic acids is 1. The number of nitrogens with two attached hydrogens (primary N) is 2. The van der Waals surface area contributed by atoms with Gasteiger partial charge in [0.15, 0.2) is 0 Å². The molecule has 1 unspecified atom stereocenters. The molecule has 1 aromatic rings. The maximum Gasteiger partial charge on any atom is 0.234 e. The Morgan fingerprint density at radius 1 is 0.952 bits per heavy atom. The van der Waals surface area contributed by atoms with E-state index in [1.165, 1.54) is 49.7 Å². The average Bonchev–Trinajstić information content (AvgIpc) is 2.49. The van der Waals surface area contributed by atoms with Gasteiger partial charge in [-0.05, 0) is 36.8 Å². The molecule has 0 aromatic heterocycles. The first-order valence-corrected chi connectivity index (χ1v) is 8.26. The lowest BCUT2D eigenvalue weighted by molar-refractivity contribution is -0.119. The summed E-state index contributed by atoms with van der Waals surface area (Å²) in [5, 5.41) is 0. The standard InChI is InChI=1S/C18H30N2O/c1-2-3-4-5-6-7-8-15-9-11-16(12-10-15)13-14-17(19)18(20)21/h9-12,17H,2-8,13-14,19H2,1H3,(H2,20,21). The molecule has 0 radical (unpaired) electrons. The topological polar surface area (TPSA) is 69.1 Å². The summed E-state index contributed by atoms with van der Waals surface area (Å²) in [6.07, 6.45) is 10.6. The number of aryl methyl sites for hydroxylation is 2. The Kier molecular flexibility index (Phi) is 8.76. The highest BCUT2D eigenvalue weighted by atomic mass is 16.1. The van der Waals surface area contributed by atoms with E-state index in [0.717, 1.165) is 12.8 Å². The summed E-state index contributed by atoms with van der Waals surface area (Å²) in [6, 6.07) is 8.13. The highest BCUT2D eigenvalue weighted by Crippen LogP contribution is 2.12. The Balaban J connectivity index is 2.22. The van der Waals surface area contributed by atoms with Gasteiger partial charge in [0.05, 0.1) is 6.04 Å². The molecule has 3 heteroatoms. The monoisotopic (exact) mass is 290 g/mol. The molecule has 0 saturated heterocycles. The van der Waals surface area contributed by atoms with Gasteiger partial charge in [-0.1, -0.05) is 63.3 Å². The highest BCUT2D eigenvalue weighted by Gasteiger charge is 2.08. The van der Waals surface area contributed by atoms with Gasteiger partial charge in [0, 0.05) is 0 Å². The lowest BCUT2D eigenvalue weighted by Gasteiger charge is -2.08. The second-order valence-corrected chi connectivity index (χ2v) is 5.88. The number of rotatable bonds is 11. The summed E-state index contributed by atoms with van der Waals surface area (Å²) in [4.78, 5) is 10.9. The van der Waals surface area contributed by atoms with E-state index in [1.807, 2.05) is 0 Å². The number of amides is 1. The van der Waals surface area contributed by atoms with Crippen LogP contribution in [-0.2, 0) is 17.6 Å². The first-order valence-electron chi connectivity index (χ1n) is 8.26. The van der Waals surface area contributed by atoms with Gasteiger partial charge in [-0.15, -0.1) is 0 Å². The SMILES string of the molecule is CCCCCCCCc1ccc(CCC(N)C(N)=O)cc1. The zero-order chi connectivity index (χ0) is 15.5. The van der Waals surface area contributed by atoms with Crippen LogP contribution in [0.5, 0.6) is 0 Å². The molecule has 0 aliphatic carbocycles. The molecule has 0 spiro atoms. The zero-order valence-electron chi connectivity index (χ0n) is 13.3. The van der Waals surface area contributed by atoms with Gasteiger partial charge in [0.2, 0.25) is 5.91 Å². The molecular weight excluding hydrogens is 260 g/mol. The van der Waals surface area contributed by atoms with Gasteiger partial charge in [-0.3, -0.25) is 4.79 Å². The first kappa shape index (κ1) is 17.7. The van der Waals surface area contributed by atoms with Crippen LogP contribution in [0.1, 0.15) is 63.0 Å². The van der Waals surface area contributed by atoms with E-state index < -0.39 is 11.9 Å². The third-order valence-electron chi connectivity index (χ3n) is 3.95. The van der Waals surface area contributed by atoms with Crippen molar-refractivity contribution in [3.63, 3.8) is 0 Å². The molecule has 1 rings (SSSR count). The van der Waals surface area contributed by atoms with Crippen LogP contribution in [-0.4, -0.2) is 11.9 Å². The molecule has 0 fully saturated rings. The van der Waals surface area contributed by atoms with E-state index >= 15 is 0 Å². The predicted octanol–water partition coefficient (Wildman–Crippen LogP) is 3.33. The van der Waals surface area contributed by atoms with Gasteiger partial charge in [-0.2, -0.15) is 0 Å². The van der Waals surface area contributed by atoms with Crippen molar-refractivity contribution in [1.82, 2.24) is 0 Å². The Morgan fingerprint density at radius 2 is 1.48 bits per heavy atom. The quantitative estimate of drug-likeness (QED) is 0.614. The fourth-order valence-corrected chi connectivity index (χ4v) is 2.45. The Bertz CT molecular complexity index is 400. The summed E-state index contributed by atoms with van der Waals surface area (Å²) in [7, 11) is 0. The van der Waals surface area contributed by atoms with E-state index in [9.17, 15) is 4.79 Å². The van der Waals surface area contributed by atoms with Crippen LogP contribution in [0.4, 0.5) is 0 Å². The number of hydrogen-bond acceptors (Lipinski definition) is 2. The Morgan fingerprint density at radius 3 is 2.05 bits per heavy atom. The fourth-order valence-electron chi connectivity index (χ4n) is 2.45. The van der Waals surface area contributed by atoms with E-state index in [4.69, 9.17) is 11.5 Å². The lowest BCUT2D eigenvalue weighted by Crippen LogP contribution is -2.36. The van der Waals surface area contributed by atoms with Crippen molar-refractivity contribution in [2.45, 2.75) is 70.8 Å².